The molecule has 2 rings (SSSR count). The second kappa shape index (κ2) is 4.16. The molecule has 16 heavy (non-hydrogen) atoms. The minimum atomic E-state index is -1.06. The van der Waals surface area contributed by atoms with Crippen LogP contribution in [-0.2, 0) is 6.54 Å². The van der Waals surface area contributed by atoms with E-state index >= 15 is 0 Å². The molecule has 5 heteroatoms. The molecule has 0 bridgehead atoms. The maximum atomic E-state index is 10.9. The van der Waals surface area contributed by atoms with Crippen LogP contribution in [0, 0.1) is 0 Å². The summed E-state index contributed by atoms with van der Waals surface area (Å²) in [5, 5.41) is 12.4. The van der Waals surface area contributed by atoms with Gasteiger partial charge in [-0.2, -0.15) is 0 Å². The average Bonchev–Trinajstić information content (AvgIpc) is 2.78. The first-order valence-corrected chi connectivity index (χ1v) is 4.69. The summed E-state index contributed by atoms with van der Waals surface area (Å²) in [4.78, 5) is 10.9. The normalized spacial score (nSPS) is 10.3. The van der Waals surface area contributed by atoms with E-state index in [4.69, 9.17) is 15.4 Å². The van der Waals surface area contributed by atoms with Crippen LogP contribution in [0.15, 0.2) is 35.0 Å². The van der Waals surface area contributed by atoms with Crippen LogP contribution in [0.3, 0.4) is 0 Å². The van der Waals surface area contributed by atoms with Gasteiger partial charge in [-0.25, -0.2) is 4.79 Å². The van der Waals surface area contributed by atoms with Crippen molar-refractivity contribution in [3.63, 3.8) is 0 Å². The van der Waals surface area contributed by atoms with E-state index in [9.17, 15) is 4.79 Å². The third kappa shape index (κ3) is 1.80. The molecule has 1 aromatic heterocycles. The maximum absolute atomic E-state index is 10.9. The Morgan fingerprint density at radius 1 is 1.38 bits per heavy atom. The van der Waals surface area contributed by atoms with E-state index in [2.05, 4.69) is 5.16 Å². The summed E-state index contributed by atoms with van der Waals surface area (Å²) in [6, 6.07) is 7.16. The van der Waals surface area contributed by atoms with Gasteiger partial charge < -0.3 is 15.4 Å². The van der Waals surface area contributed by atoms with E-state index in [1.807, 2.05) is 12.1 Å². The number of benzene rings is 1. The molecule has 2 aromatic rings. The third-order valence-corrected chi connectivity index (χ3v) is 2.25. The van der Waals surface area contributed by atoms with Gasteiger partial charge in [0.2, 0.25) is 0 Å². The molecule has 0 amide bonds. The van der Waals surface area contributed by atoms with Crippen LogP contribution in [0.25, 0.3) is 11.3 Å². The third-order valence-electron chi connectivity index (χ3n) is 2.25. The van der Waals surface area contributed by atoms with Crippen molar-refractivity contribution >= 4 is 5.97 Å². The van der Waals surface area contributed by atoms with Crippen LogP contribution in [0.5, 0.6) is 0 Å². The van der Waals surface area contributed by atoms with Crippen molar-refractivity contribution in [1.82, 2.24) is 5.16 Å². The second-order valence-electron chi connectivity index (χ2n) is 3.27. The van der Waals surface area contributed by atoms with Crippen LogP contribution >= 0.6 is 0 Å². The lowest BCUT2D eigenvalue weighted by molar-refractivity contribution is 0.0697. The summed E-state index contributed by atoms with van der Waals surface area (Å²) in [6.45, 7) is 0.447. The van der Waals surface area contributed by atoms with Crippen LogP contribution in [-0.4, -0.2) is 16.2 Å². The summed E-state index contributed by atoms with van der Waals surface area (Å²) < 4.78 is 4.92. The monoisotopic (exact) mass is 218 g/mol. The van der Waals surface area contributed by atoms with Crippen molar-refractivity contribution in [2.75, 3.05) is 0 Å². The van der Waals surface area contributed by atoms with Gasteiger partial charge in [-0.15, -0.1) is 0 Å². The lowest BCUT2D eigenvalue weighted by Gasteiger charge is -1.99. The molecular formula is C11H10N2O3. The summed E-state index contributed by atoms with van der Waals surface area (Å²) in [6.07, 6.45) is 1.19. The fourth-order valence-corrected chi connectivity index (χ4v) is 1.39. The number of hydrogen-bond acceptors (Lipinski definition) is 4. The van der Waals surface area contributed by atoms with E-state index in [1.54, 1.807) is 12.1 Å². The Bertz CT molecular complexity index is 502. The van der Waals surface area contributed by atoms with Crippen molar-refractivity contribution in [1.29, 1.82) is 0 Å². The molecule has 0 saturated heterocycles. The number of carboxylic acid groups (broad SMARTS) is 1. The topological polar surface area (TPSA) is 89.4 Å². The number of carboxylic acids is 1. The van der Waals surface area contributed by atoms with Crippen LogP contribution in [0.2, 0.25) is 0 Å². The Hall–Kier alpha value is -2.14. The zero-order valence-electron chi connectivity index (χ0n) is 8.38. The van der Waals surface area contributed by atoms with Crippen molar-refractivity contribution in [2.45, 2.75) is 6.54 Å². The Morgan fingerprint density at radius 3 is 2.62 bits per heavy atom. The fourth-order valence-electron chi connectivity index (χ4n) is 1.39. The SMILES string of the molecule is NCc1ccc(-c2oncc2C(=O)O)cc1. The highest BCUT2D eigenvalue weighted by Crippen LogP contribution is 2.23. The molecule has 0 unspecified atom stereocenters. The maximum Gasteiger partial charge on any atom is 0.341 e. The fraction of sp³-hybridized carbons (Fsp3) is 0.0909. The van der Waals surface area contributed by atoms with E-state index in [0.717, 1.165) is 5.56 Å². The smallest absolute Gasteiger partial charge is 0.341 e. The number of aromatic nitrogens is 1. The molecule has 0 aliphatic rings. The van der Waals surface area contributed by atoms with E-state index in [-0.39, 0.29) is 11.3 Å². The molecule has 82 valence electrons. The molecule has 1 heterocycles. The van der Waals surface area contributed by atoms with Gasteiger partial charge in [-0.1, -0.05) is 29.4 Å². The van der Waals surface area contributed by atoms with E-state index < -0.39 is 5.97 Å². The van der Waals surface area contributed by atoms with Gasteiger partial charge in [0.1, 0.15) is 5.56 Å². The molecule has 0 saturated carbocycles. The first-order valence-electron chi connectivity index (χ1n) is 4.69. The standard InChI is InChI=1S/C11H10N2O3/c12-5-7-1-3-8(4-2-7)10-9(11(14)15)6-13-16-10/h1-4,6H,5,12H2,(H,14,15). The van der Waals surface area contributed by atoms with Crippen molar-refractivity contribution in [3.8, 4) is 11.3 Å². The highest BCUT2D eigenvalue weighted by Gasteiger charge is 2.16. The number of aromatic carboxylic acids is 1. The number of carbonyl (C=O) groups is 1. The van der Waals surface area contributed by atoms with Crippen LogP contribution in [0.1, 0.15) is 15.9 Å². The van der Waals surface area contributed by atoms with Crippen LogP contribution < -0.4 is 5.73 Å². The Labute approximate surface area is 91.5 Å². The van der Waals surface area contributed by atoms with E-state index in [0.29, 0.717) is 12.1 Å². The Balaban J connectivity index is 2.42. The lowest BCUT2D eigenvalue weighted by atomic mass is 10.1. The minimum absolute atomic E-state index is 0.0560. The van der Waals surface area contributed by atoms with Gasteiger partial charge in [-0.05, 0) is 5.56 Å². The number of rotatable bonds is 3. The summed E-state index contributed by atoms with van der Waals surface area (Å²) >= 11 is 0. The quantitative estimate of drug-likeness (QED) is 0.814. The number of nitrogens with zero attached hydrogens (tertiary/aromatic N) is 1. The molecule has 0 spiro atoms. The van der Waals surface area contributed by atoms with Gasteiger partial charge in [0.15, 0.2) is 5.76 Å². The minimum Gasteiger partial charge on any atom is -0.477 e. The predicted octanol–water partition coefficient (Wildman–Crippen LogP) is 1.50. The average molecular weight is 218 g/mol. The first kappa shape index (κ1) is 10.4. The molecule has 1 aromatic carbocycles. The highest BCUT2D eigenvalue weighted by atomic mass is 16.5. The highest BCUT2D eigenvalue weighted by molar-refractivity contribution is 5.93. The Kier molecular flexibility index (Phi) is 2.70. The largest absolute Gasteiger partial charge is 0.477 e. The molecule has 0 aliphatic carbocycles. The predicted molar refractivity (Wildman–Crippen MR) is 56.8 cm³/mol. The molecule has 0 aliphatic heterocycles. The van der Waals surface area contributed by atoms with Crippen molar-refractivity contribution < 1.29 is 14.4 Å². The first-order chi connectivity index (χ1) is 7.72. The van der Waals surface area contributed by atoms with Gasteiger partial charge in [-0.3, -0.25) is 0 Å². The lowest BCUT2D eigenvalue weighted by Crippen LogP contribution is -1.97. The molecule has 3 N–H and O–H groups in total. The van der Waals surface area contributed by atoms with Gasteiger partial charge >= 0.3 is 5.97 Å². The molecule has 0 radical (unpaired) electrons. The second-order valence-corrected chi connectivity index (χ2v) is 3.27. The van der Waals surface area contributed by atoms with E-state index in [1.165, 1.54) is 6.20 Å². The molecule has 0 atom stereocenters. The van der Waals surface area contributed by atoms with Crippen molar-refractivity contribution in [3.05, 3.63) is 41.6 Å². The summed E-state index contributed by atoms with van der Waals surface area (Å²) in [7, 11) is 0. The summed E-state index contributed by atoms with van der Waals surface area (Å²) in [5.74, 6) is -0.796. The molecular weight excluding hydrogens is 208 g/mol. The van der Waals surface area contributed by atoms with Gasteiger partial charge in [0.05, 0.1) is 6.20 Å². The molecule has 5 nitrogen and oxygen atoms in total. The molecule has 0 fully saturated rings. The number of nitrogens with two attached hydrogens (primary N) is 1. The zero-order chi connectivity index (χ0) is 11.5. The van der Waals surface area contributed by atoms with Crippen LogP contribution in [0.4, 0.5) is 0 Å². The zero-order valence-corrected chi connectivity index (χ0v) is 8.38. The summed E-state index contributed by atoms with van der Waals surface area (Å²) in [5.41, 5.74) is 7.17. The number of hydrogen-bond donors (Lipinski definition) is 2. The Morgan fingerprint density at radius 2 is 2.06 bits per heavy atom. The van der Waals surface area contributed by atoms with Gasteiger partial charge in [0, 0.05) is 12.1 Å². The van der Waals surface area contributed by atoms with Crippen molar-refractivity contribution in [2.24, 2.45) is 5.73 Å². The van der Waals surface area contributed by atoms with Gasteiger partial charge in [0.25, 0.3) is 0 Å².